The van der Waals surface area contributed by atoms with Crippen LogP contribution in [0.25, 0.3) is 0 Å². The number of rotatable bonds is 16. The molecule has 4 atom stereocenters. The normalized spacial score (nSPS) is 14.8. The molecule has 0 rings (SSSR count). The molecule has 0 aromatic carbocycles. The van der Waals surface area contributed by atoms with Crippen LogP contribution in [0.3, 0.4) is 0 Å². The summed E-state index contributed by atoms with van der Waals surface area (Å²) in [5.74, 6) is -5.23. The van der Waals surface area contributed by atoms with Crippen LogP contribution in [0.4, 0.5) is 0 Å². The number of amides is 3. The first kappa shape index (κ1) is 30.3. The predicted octanol–water partition coefficient (Wildman–Crippen LogP) is -0.841. The molecule has 0 aromatic rings. The molecular weight excluding hydrogens is 434 g/mol. The zero-order valence-electron chi connectivity index (χ0n) is 19.8. The maximum Gasteiger partial charge on any atom is 0.326 e. The number of hydrogen-bond acceptors (Lipinski definition) is 7. The second-order valence-corrected chi connectivity index (χ2v) is 8.81. The van der Waals surface area contributed by atoms with Gasteiger partial charge >= 0.3 is 11.9 Å². The Labute approximate surface area is 194 Å². The monoisotopic (exact) mass is 473 g/mol. The van der Waals surface area contributed by atoms with E-state index in [2.05, 4.69) is 16.0 Å². The molecule has 0 fully saturated rings. The van der Waals surface area contributed by atoms with Crippen molar-refractivity contribution in [2.24, 2.45) is 23.3 Å². The van der Waals surface area contributed by atoms with Gasteiger partial charge in [-0.15, -0.1) is 0 Å². The molecule has 0 radical (unpaired) electrons. The lowest BCUT2D eigenvalue weighted by molar-refractivity contribution is -0.144. The van der Waals surface area contributed by atoms with Gasteiger partial charge in [0, 0.05) is 0 Å². The number of hydrogen-bond donors (Lipinski definition) is 7. The highest BCUT2D eigenvalue weighted by atomic mass is 16.4. The van der Waals surface area contributed by atoms with Gasteiger partial charge in [0.2, 0.25) is 17.7 Å². The Hall–Kier alpha value is -2.73. The maximum absolute atomic E-state index is 12.9. The molecule has 0 aliphatic carbocycles. The molecule has 0 aromatic heterocycles. The van der Waals surface area contributed by atoms with Crippen molar-refractivity contribution >= 4 is 29.7 Å². The van der Waals surface area contributed by atoms with E-state index in [1.165, 1.54) is 0 Å². The standard InChI is InChI=1S/C21H39N5O7/c1-11(2)9-13(23)18(29)24-14(7-5-6-8-22)19(30)25-15(10-16(27)28)20(31)26-17(12(3)4)21(32)33/h11-15,17H,5-10,22-23H2,1-4H3,(H,24,29)(H,25,30)(H,26,31)(H,27,28)(H,32,33). The average Bonchev–Trinajstić information content (AvgIpc) is 2.68. The van der Waals surface area contributed by atoms with E-state index in [0.29, 0.717) is 25.8 Å². The third-order valence-electron chi connectivity index (χ3n) is 4.88. The molecule has 4 unspecified atom stereocenters. The maximum atomic E-state index is 12.9. The van der Waals surface area contributed by atoms with Gasteiger partial charge in [-0.3, -0.25) is 19.2 Å². The number of nitrogens with one attached hydrogen (secondary N) is 3. The Bertz CT molecular complexity index is 684. The number of aliphatic carboxylic acids is 2. The van der Waals surface area contributed by atoms with Crippen LogP contribution in [0.2, 0.25) is 0 Å². The number of nitrogens with two attached hydrogens (primary N) is 2. The summed E-state index contributed by atoms with van der Waals surface area (Å²) in [5.41, 5.74) is 11.4. The topological polar surface area (TPSA) is 214 Å². The molecule has 3 amide bonds. The van der Waals surface area contributed by atoms with Crippen LogP contribution in [-0.4, -0.2) is 70.6 Å². The average molecular weight is 474 g/mol. The molecule has 0 bridgehead atoms. The SMILES string of the molecule is CC(C)CC(N)C(=O)NC(CCCCN)C(=O)NC(CC(=O)O)C(=O)NC(C(=O)O)C(C)C. The zero-order chi connectivity index (χ0) is 25.7. The molecular formula is C21H39N5O7. The van der Waals surface area contributed by atoms with Crippen molar-refractivity contribution in [2.75, 3.05) is 6.54 Å². The first-order chi connectivity index (χ1) is 15.3. The number of unbranched alkanes of at least 4 members (excludes halogenated alkanes) is 1. The van der Waals surface area contributed by atoms with Gasteiger partial charge in [-0.05, 0) is 44.1 Å². The second kappa shape index (κ2) is 15.2. The summed E-state index contributed by atoms with van der Waals surface area (Å²) in [4.78, 5) is 60.5. The van der Waals surface area contributed by atoms with Crippen LogP contribution in [-0.2, 0) is 24.0 Å². The summed E-state index contributed by atoms with van der Waals surface area (Å²) in [5, 5.41) is 25.6. The van der Waals surface area contributed by atoms with Crippen molar-refractivity contribution in [1.29, 1.82) is 0 Å². The predicted molar refractivity (Wildman–Crippen MR) is 121 cm³/mol. The highest BCUT2D eigenvalue weighted by Gasteiger charge is 2.32. The Morgan fingerprint density at radius 3 is 1.82 bits per heavy atom. The summed E-state index contributed by atoms with van der Waals surface area (Å²) >= 11 is 0. The van der Waals surface area contributed by atoms with E-state index >= 15 is 0 Å². The minimum atomic E-state index is -1.53. The van der Waals surface area contributed by atoms with Gasteiger partial charge in [-0.1, -0.05) is 27.7 Å². The van der Waals surface area contributed by atoms with E-state index in [0.717, 1.165) is 0 Å². The van der Waals surface area contributed by atoms with Crippen LogP contribution in [0.15, 0.2) is 0 Å². The summed E-state index contributed by atoms with van der Waals surface area (Å²) in [7, 11) is 0. The van der Waals surface area contributed by atoms with E-state index in [1.54, 1.807) is 13.8 Å². The number of carboxylic acids is 2. The molecule has 12 nitrogen and oxygen atoms in total. The van der Waals surface area contributed by atoms with Gasteiger partial charge in [0.25, 0.3) is 0 Å². The van der Waals surface area contributed by atoms with Crippen LogP contribution >= 0.6 is 0 Å². The molecule has 190 valence electrons. The van der Waals surface area contributed by atoms with Gasteiger partial charge < -0.3 is 37.6 Å². The molecule has 0 aliphatic heterocycles. The number of carboxylic acid groups (broad SMARTS) is 2. The van der Waals surface area contributed by atoms with E-state index in [1.807, 2.05) is 13.8 Å². The summed E-state index contributed by atoms with van der Waals surface area (Å²) < 4.78 is 0. The smallest absolute Gasteiger partial charge is 0.326 e. The zero-order valence-corrected chi connectivity index (χ0v) is 19.8. The lowest BCUT2D eigenvalue weighted by Crippen LogP contribution is -2.58. The largest absolute Gasteiger partial charge is 0.481 e. The van der Waals surface area contributed by atoms with Crippen molar-refractivity contribution in [3.05, 3.63) is 0 Å². The molecule has 12 heteroatoms. The summed E-state index contributed by atoms with van der Waals surface area (Å²) in [6, 6.07) is -4.70. The molecule has 0 aliphatic rings. The first-order valence-electron chi connectivity index (χ1n) is 11.1. The van der Waals surface area contributed by atoms with Crippen molar-refractivity contribution in [3.63, 3.8) is 0 Å². The second-order valence-electron chi connectivity index (χ2n) is 8.81. The van der Waals surface area contributed by atoms with E-state index < -0.39 is 66.2 Å². The Morgan fingerprint density at radius 1 is 0.818 bits per heavy atom. The fourth-order valence-corrected chi connectivity index (χ4v) is 3.08. The molecule has 0 spiro atoms. The Balaban J connectivity index is 5.51. The highest BCUT2D eigenvalue weighted by molar-refractivity contribution is 5.95. The highest BCUT2D eigenvalue weighted by Crippen LogP contribution is 2.08. The Morgan fingerprint density at radius 2 is 1.36 bits per heavy atom. The van der Waals surface area contributed by atoms with Crippen molar-refractivity contribution in [2.45, 2.75) is 84.0 Å². The molecule has 9 N–H and O–H groups in total. The molecule has 33 heavy (non-hydrogen) atoms. The number of carbonyl (C=O) groups excluding carboxylic acids is 3. The fourth-order valence-electron chi connectivity index (χ4n) is 3.08. The van der Waals surface area contributed by atoms with E-state index in [4.69, 9.17) is 16.6 Å². The molecule has 0 saturated heterocycles. The van der Waals surface area contributed by atoms with Crippen molar-refractivity contribution < 1.29 is 34.2 Å². The van der Waals surface area contributed by atoms with Gasteiger partial charge in [-0.25, -0.2) is 4.79 Å². The van der Waals surface area contributed by atoms with Gasteiger partial charge in [0.05, 0.1) is 12.5 Å². The first-order valence-corrected chi connectivity index (χ1v) is 11.1. The lowest BCUT2D eigenvalue weighted by Gasteiger charge is -2.25. The van der Waals surface area contributed by atoms with Crippen LogP contribution < -0.4 is 27.4 Å². The number of carbonyl (C=O) groups is 5. The van der Waals surface area contributed by atoms with Gasteiger partial charge in [-0.2, -0.15) is 0 Å². The molecule has 0 saturated carbocycles. The van der Waals surface area contributed by atoms with Gasteiger partial charge in [0.15, 0.2) is 0 Å². The summed E-state index contributed by atoms with van der Waals surface area (Å²) in [6.45, 7) is 7.33. The van der Waals surface area contributed by atoms with Gasteiger partial charge in [0.1, 0.15) is 18.1 Å². The van der Waals surface area contributed by atoms with E-state index in [-0.39, 0.29) is 12.3 Å². The third-order valence-corrected chi connectivity index (χ3v) is 4.88. The van der Waals surface area contributed by atoms with Crippen LogP contribution in [0, 0.1) is 11.8 Å². The quantitative estimate of drug-likeness (QED) is 0.139. The lowest BCUT2D eigenvalue weighted by atomic mass is 10.0. The summed E-state index contributed by atoms with van der Waals surface area (Å²) in [6.07, 6.45) is 0.926. The third kappa shape index (κ3) is 12.2. The Kier molecular flexibility index (Phi) is 13.9. The van der Waals surface area contributed by atoms with Crippen LogP contribution in [0.1, 0.15) is 59.8 Å². The minimum Gasteiger partial charge on any atom is -0.481 e. The van der Waals surface area contributed by atoms with Crippen molar-refractivity contribution in [1.82, 2.24) is 16.0 Å². The minimum absolute atomic E-state index is 0.155. The molecule has 0 heterocycles. The van der Waals surface area contributed by atoms with E-state index in [9.17, 15) is 29.1 Å². The fraction of sp³-hybridized carbons (Fsp3) is 0.762. The van der Waals surface area contributed by atoms with Crippen LogP contribution in [0.5, 0.6) is 0 Å². The van der Waals surface area contributed by atoms with Crippen molar-refractivity contribution in [3.8, 4) is 0 Å².